The molecule has 0 nitrogen and oxygen atoms in total. The number of fused-ring (bicyclic) bond motifs is 1. The van der Waals surface area contributed by atoms with E-state index in [0.29, 0.717) is 0 Å². The third-order valence-electron chi connectivity index (χ3n) is 3.42. The van der Waals surface area contributed by atoms with Crippen molar-refractivity contribution in [2.24, 2.45) is 0 Å². The van der Waals surface area contributed by atoms with Gasteiger partial charge in [0.15, 0.2) is 0 Å². The molecule has 0 fully saturated rings. The first-order chi connectivity index (χ1) is 8.83. The number of allylic oxidation sites excluding steroid dienone is 1. The first kappa shape index (κ1) is 12.9. The Morgan fingerprint density at radius 2 is 1.61 bits per heavy atom. The van der Waals surface area contributed by atoms with E-state index in [1.54, 1.807) is 0 Å². The molecule has 0 bridgehead atoms. The largest absolute Gasteiger partial charge is 0.103 e. The first-order valence-electron chi connectivity index (χ1n) is 6.96. The molecule has 0 unspecified atom stereocenters. The van der Waals surface area contributed by atoms with Gasteiger partial charge >= 0.3 is 0 Å². The highest BCUT2D eigenvalue weighted by molar-refractivity contribution is 5.83. The van der Waals surface area contributed by atoms with Crippen LogP contribution in [-0.2, 0) is 12.8 Å². The summed E-state index contributed by atoms with van der Waals surface area (Å²) in [5, 5.41) is 2.70. The SMILES string of the molecule is C=CCc1ccc2cc(CCCCC)ccc2c1. The van der Waals surface area contributed by atoms with E-state index in [1.807, 2.05) is 6.08 Å². The summed E-state index contributed by atoms with van der Waals surface area (Å²) >= 11 is 0. The van der Waals surface area contributed by atoms with E-state index in [-0.39, 0.29) is 0 Å². The van der Waals surface area contributed by atoms with Crippen LogP contribution in [0.4, 0.5) is 0 Å². The molecule has 0 N–H and O–H groups in total. The van der Waals surface area contributed by atoms with Crippen molar-refractivity contribution in [1.29, 1.82) is 0 Å². The highest BCUT2D eigenvalue weighted by Crippen LogP contribution is 2.19. The van der Waals surface area contributed by atoms with E-state index < -0.39 is 0 Å². The summed E-state index contributed by atoms with van der Waals surface area (Å²) in [6, 6.07) is 13.6. The summed E-state index contributed by atoms with van der Waals surface area (Å²) < 4.78 is 0. The van der Waals surface area contributed by atoms with Crippen molar-refractivity contribution in [3.8, 4) is 0 Å². The summed E-state index contributed by atoms with van der Waals surface area (Å²) in [7, 11) is 0. The standard InChI is InChI=1S/C18H22/c1-3-5-6-8-16-10-12-17-13-15(7-4-2)9-11-18(17)14-16/h4,9-14H,2-3,5-8H2,1H3. The monoisotopic (exact) mass is 238 g/mol. The van der Waals surface area contributed by atoms with Gasteiger partial charge in [-0.1, -0.05) is 62.2 Å². The normalized spacial score (nSPS) is 10.7. The van der Waals surface area contributed by atoms with Gasteiger partial charge in [-0.15, -0.1) is 6.58 Å². The van der Waals surface area contributed by atoms with Crippen molar-refractivity contribution in [2.45, 2.75) is 39.0 Å². The molecule has 0 spiro atoms. The van der Waals surface area contributed by atoms with Crippen LogP contribution in [0.5, 0.6) is 0 Å². The number of benzene rings is 2. The maximum atomic E-state index is 3.79. The summed E-state index contributed by atoms with van der Waals surface area (Å²) in [6.45, 7) is 6.04. The van der Waals surface area contributed by atoms with Gasteiger partial charge in [0.25, 0.3) is 0 Å². The minimum Gasteiger partial charge on any atom is -0.103 e. The number of rotatable bonds is 6. The molecule has 2 rings (SSSR count). The fourth-order valence-electron chi connectivity index (χ4n) is 2.37. The van der Waals surface area contributed by atoms with Gasteiger partial charge in [-0.2, -0.15) is 0 Å². The molecular weight excluding hydrogens is 216 g/mol. The van der Waals surface area contributed by atoms with E-state index >= 15 is 0 Å². The molecule has 0 aliphatic rings. The quantitative estimate of drug-likeness (QED) is 0.473. The van der Waals surface area contributed by atoms with Crippen molar-refractivity contribution < 1.29 is 0 Å². The van der Waals surface area contributed by atoms with E-state index in [4.69, 9.17) is 0 Å². The van der Waals surface area contributed by atoms with E-state index in [9.17, 15) is 0 Å². The molecule has 0 saturated heterocycles. The van der Waals surface area contributed by atoms with Gasteiger partial charge in [-0.05, 0) is 41.2 Å². The van der Waals surface area contributed by atoms with Crippen molar-refractivity contribution in [1.82, 2.24) is 0 Å². The van der Waals surface area contributed by atoms with Crippen LogP contribution >= 0.6 is 0 Å². The molecular formula is C18H22. The Morgan fingerprint density at radius 3 is 2.28 bits per heavy atom. The molecule has 0 atom stereocenters. The van der Waals surface area contributed by atoms with Crippen LogP contribution in [0.15, 0.2) is 49.1 Å². The Labute approximate surface area is 110 Å². The lowest BCUT2D eigenvalue weighted by molar-refractivity contribution is 0.718. The highest BCUT2D eigenvalue weighted by atomic mass is 14.0. The maximum absolute atomic E-state index is 3.79. The number of hydrogen-bond donors (Lipinski definition) is 0. The van der Waals surface area contributed by atoms with Gasteiger partial charge in [-0.3, -0.25) is 0 Å². The van der Waals surface area contributed by atoms with Crippen LogP contribution < -0.4 is 0 Å². The predicted molar refractivity (Wildman–Crippen MR) is 81.1 cm³/mol. The molecule has 18 heavy (non-hydrogen) atoms. The average molecular weight is 238 g/mol. The highest BCUT2D eigenvalue weighted by Gasteiger charge is 1.98. The number of aryl methyl sites for hydroxylation is 1. The lowest BCUT2D eigenvalue weighted by Crippen LogP contribution is -1.87. The molecule has 0 heterocycles. The smallest absolute Gasteiger partial charge is 0.00999 e. The molecule has 0 saturated carbocycles. The van der Waals surface area contributed by atoms with Crippen molar-refractivity contribution in [3.63, 3.8) is 0 Å². The zero-order chi connectivity index (χ0) is 12.8. The number of hydrogen-bond acceptors (Lipinski definition) is 0. The third kappa shape index (κ3) is 3.22. The van der Waals surface area contributed by atoms with Gasteiger partial charge < -0.3 is 0 Å². The topological polar surface area (TPSA) is 0 Å². The van der Waals surface area contributed by atoms with Crippen LogP contribution in [0.2, 0.25) is 0 Å². The lowest BCUT2D eigenvalue weighted by atomic mass is 10.0. The van der Waals surface area contributed by atoms with E-state index in [2.05, 4.69) is 49.9 Å². The first-order valence-corrected chi connectivity index (χ1v) is 6.96. The molecule has 0 radical (unpaired) electrons. The maximum Gasteiger partial charge on any atom is -0.00999 e. The van der Waals surface area contributed by atoms with E-state index in [1.165, 1.54) is 47.6 Å². The average Bonchev–Trinajstić information content (AvgIpc) is 2.39. The lowest BCUT2D eigenvalue weighted by Gasteiger charge is -2.05. The zero-order valence-electron chi connectivity index (χ0n) is 11.3. The number of unbranched alkanes of at least 4 members (excludes halogenated alkanes) is 2. The molecule has 2 aromatic rings. The predicted octanol–water partition coefficient (Wildman–Crippen LogP) is 5.30. The fraction of sp³-hybridized carbons (Fsp3) is 0.333. The molecule has 0 aliphatic heterocycles. The Bertz CT molecular complexity index is 523. The Hall–Kier alpha value is -1.56. The third-order valence-corrected chi connectivity index (χ3v) is 3.42. The minimum atomic E-state index is 0.953. The van der Waals surface area contributed by atoms with Crippen LogP contribution in [-0.4, -0.2) is 0 Å². The van der Waals surface area contributed by atoms with Crippen LogP contribution in [0.25, 0.3) is 10.8 Å². The summed E-state index contributed by atoms with van der Waals surface area (Å²) in [4.78, 5) is 0. The molecule has 0 amide bonds. The van der Waals surface area contributed by atoms with Crippen molar-refractivity contribution >= 4 is 10.8 Å². The van der Waals surface area contributed by atoms with Crippen LogP contribution in [0, 0.1) is 0 Å². The molecule has 0 heteroatoms. The van der Waals surface area contributed by atoms with Gasteiger partial charge in [0.2, 0.25) is 0 Å². The van der Waals surface area contributed by atoms with Crippen molar-refractivity contribution in [3.05, 3.63) is 60.2 Å². The zero-order valence-corrected chi connectivity index (χ0v) is 11.3. The molecule has 0 aromatic heterocycles. The second kappa shape index (κ2) is 6.39. The Balaban J connectivity index is 2.18. The second-order valence-electron chi connectivity index (χ2n) is 4.97. The van der Waals surface area contributed by atoms with Crippen LogP contribution in [0.3, 0.4) is 0 Å². The summed E-state index contributed by atoms with van der Waals surface area (Å²) in [5.41, 5.74) is 2.81. The molecule has 2 aromatic carbocycles. The van der Waals surface area contributed by atoms with Gasteiger partial charge in [0.1, 0.15) is 0 Å². The van der Waals surface area contributed by atoms with Gasteiger partial charge in [0.05, 0.1) is 0 Å². The van der Waals surface area contributed by atoms with Crippen molar-refractivity contribution in [2.75, 3.05) is 0 Å². The van der Waals surface area contributed by atoms with Crippen LogP contribution in [0.1, 0.15) is 37.3 Å². The molecule has 0 aliphatic carbocycles. The Morgan fingerprint density at radius 1 is 0.944 bits per heavy atom. The fourth-order valence-corrected chi connectivity index (χ4v) is 2.37. The second-order valence-corrected chi connectivity index (χ2v) is 4.97. The molecule has 94 valence electrons. The minimum absolute atomic E-state index is 0.953. The summed E-state index contributed by atoms with van der Waals surface area (Å²) in [5.74, 6) is 0. The Kier molecular flexibility index (Phi) is 4.58. The summed E-state index contributed by atoms with van der Waals surface area (Å²) in [6.07, 6.45) is 8.04. The van der Waals surface area contributed by atoms with E-state index in [0.717, 1.165) is 6.42 Å². The van der Waals surface area contributed by atoms with Gasteiger partial charge in [-0.25, -0.2) is 0 Å². The van der Waals surface area contributed by atoms with Gasteiger partial charge in [0, 0.05) is 0 Å².